The number of pyridine rings is 2. The molecule has 0 bridgehead atoms. The molecule has 0 saturated carbocycles. The third kappa shape index (κ3) is 2.04. The molecule has 3 aromatic rings. The number of H-pyrrole nitrogens is 1. The molecule has 1 aromatic carbocycles. The lowest BCUT2D eigenvalue weighted by atomic mass is 10.1. The number of nitrogens with one attached hydrogen (secondary N) is 1. The molecule has 23 heavy (non-hydrogen) atoms. The maximum absolute atomic E-state index is 12.6. The van der Waals surface area contributed by atoms with Crippen LogP contribution < -0.4 is 20.6 Å². The van der Waals surface area contributed by atoms with Crippen molar-refractivity contribution in [1.29, 1.82) is 0 Å². The van der Waals surface area contributed by atoms with Crippen LogP contribution in [0.4, 0.5) is 5.69 Å². The van der Waals surface area contributed by atoms with Crippen LogP contribution in [-0.2, 0) is 4.74 Å². The van der Waals surface area contributed by atoms with Gasteiger partial charge in [0.25, 0.3) is 5.56 Å². The Hall–Kier alpha value is -2.67. The van der Waals surface area contributed by atoms with Gasteiger partial charge in [0.05, 0.1) is 25.8 Å². The fraction of sp³-hybridized carbons (Fsp3) is 0.312. The van der Waals surface area contributed by atoms with Crippen LogP contribution in [0.25, 0.3) is 21.8 Å². The normalized spacial score (nSPS) is 15.4. The van der Waals surface area contributed by atoms with E-state index in [-0.39, 0.29) is 16.7 Å². The molecule has 0 atom stereocenters. The number of morpholine rings is 1. The van der Waals surface area contributed by atoms with E-state index in [2.05, 4.69) is 9.97 Å². The molecule has 7 heteroatoms. The van der Waals surface area contributed by atoms with Crippen molar-refractivity contribution >= 4 is 27.5 Å². The quantitative estimate of drug-likeness (QED) is 0.750. The Kier molecular flexibility index (Phi) is 3.16. The van der Waals surface area contributed by atoms with Crippen molar-refractivity contribution in [3.05, 3.63) is 38.9 Å². The van der Waals surface area contributed by atoms with E-state index in [1.165, 1.54) is 7.11 Å². The first-order valence-electron chi connectivity index (χ1n) is 7.39. The van der Waals surface area contributed by atoms with Gasteiger partial charge in [0, 0.05) is 30.1 Å². The molecule has 0 radical (unpaired) electrons. The van der Waals surface area contributed by atoms with Gasteiger partial charge in [0.2, 0.25) is 5.43 Å². The maximum atomic E-state index is 12.6. The number of aromatic amines is 1. The Morgan fingerprint density at radius 3 is 2.83 bits per heavy atom. The molecule has 0 amide bonds. The molecule has 0 spiro atoms. The molecule has 0 unspecified atom stereocenters. The fourth-order valence-electron chi connectivity index (χ4n) is 3.13. The Balaban J connectivity index is 2.14. The minimum atomic E-state index is -0.299. The molecule has 1 fully saturated rings. The monoisotopic (exact) mass is 313 g/mol. The molecule has 4 rings (SSSR count). The van der Waals surface area contributed by atoms with E-state index in [1.807, 2.05) is 4.90 Å². The summed E-state index contributed by atoms with van der Waals surface area (Å²) in [5.74, 6) is 0.210. The van der Waals surface area contributed by atoms with E-state index in [9.17, 15) is 9.59 Å². The standard InChI is InChI=1S/C16H15N3O4/c1-22-11-8-9-12-10(2-3-17-13(12)15(11)20)18-16(21)14(9)19-4-6-23-7-5-19/h2-3,8,17H,4-7H2,1H3. The average Bonchev–Trinajstić information content (AvgIpc) is 2.58. The number of nitrogens with zero attached hydrogens (tertiary/aromatic N) is 2. The molecular weight excluding hydrogens is 298 g/mol. The number of benzene rings is 1. The molecule has 1 aliphatic heterocycles. The Labute approximate surface area is 130 Å². The summed E-state index contributed by atoms with van der Waals surface area (Å²) >= 11 is 0. The van der Waals surface area contributed by atoms with Crippen LogP contribution in [0, 0.1) is 0 Å². The predicted molar refractivity (Wildman–Crippen MR) is 86.9 cm³/mol. The zero-order valence-corrected chi connectivity index (χ0v) is 12.6. The van der Waals surface area contributed by atoms with Crippen LogP contribution >= 0.6 is 0 Å². The second kappa shape index (κ2) is 5.20. The summed E-state index contributed by atoms with van der Waals surface area (Å²) in [6, 6.07) is 3.34. The van der Waals surface area contributed by atoms with Gasteiger partial charge in [-0.15, -0.1) is 0 Å². The van der Waals surface area contributed by atoms with Crippen LogP contribution in [0.5, 0.6) is 5.75 Å². The van der Waals surface area contributed by atoms with Crippen molar-refractivity contribution in [3.8, 4) is 5.75 Å². The summed E-state index contributed by atoms with van der Waals surface area (Å²) in [6.45, 7) is 2.35. The van der Waals surface area contributed by atoms with E-state index >= 15 is 0 Å². The van der Waals surface area contributed by atoms with Crippen LogP contribution in [0.3, 0.4) is 0 Å². The average molecular weight is 313 g/mol. The zero-order chi connectivity index (χ0) is 16.0. The van der Waals surface area contributed by atoms with Gasteiger partial charge in [-0.1, -0.05) is 0 Å². The lowest BCUT2D eigenvalue weighted by Gasteiger charge is -2.29. The van der Waals surface area contributed by atoms with E-state index in [4.69, 9.17) is 9.47 Å². The molecule has 1 N–H and O–H groups in total. The summed E-state index contributed by atoms with van der Waals surface area (Å²) in [6.07, 6.45) is 1.61. The van der Waals surface area contributed by atoms with Crippen molar-refractivity contribution in [2.24, 2.45) is 0 Å². The van der Waals surface area contributed by atoms with Gasteiger partial charge in [0.15, 0.2) is 5.75 Å². The van der Waals surface area contributed by atoms with Gasteiger partial charge in [-0.3, -0.25) is 9.59 Å². The summed E-state index contributed by atoms with van der Waals surface area (Å²) in [5, 5.41) is 1.35. The van der Waals surface area contributed by atoms with Gasteiger partial charge in [0.1, 0.15) is 11.2 Å². The number of ether oxygens (including phenoxy) is 2. The van der Waals surface area contributed by atoms with Crippen LogP contribution in [0.15, 0.2) is 27.9 Å². The molecule has 0 aliphatic carbocycles. The molecule has 7 nitrogen and oxygen atoms in total. The minimum Gasteiger partial charge on any atom is -0.493 e. The summed E-state index contributed by atoms with van der Waals surface area (Å²) in [5.41, 5.74) is 0.879. The number of hydrogen-bond donors (Lipinski definition) is 1. The van der Waals surface area contributed by atoms with Crippen molar-refractivity contribution < 1.29 is 9.47 Å². The van der Waals surface area contributed by atoms with Gasteiger partial charge in [-0.25, -0.2) is 4.98 Å². The second-order valence-electron chi connectivity index (χ2n) is 5.43. The number of methoxy groups -OCH3 is 1. The van der Waals surface area contributed by atoms with Gasteiger partial charge >= 0.3 is 0 Å². The zero-order valence-electron chi connectivity index (χ0n) is 12.6. The van der Waals surface area contributed by atoms with E-state index < -0.39 is 0 Å². The van der Waals surface area contributed by atoms with E-state index in [1.54, 1.807) is 18.3 Å². The molecule has 1 saturated heterocycles. The van der Waals surface area contributed by atoms with Crippen LogP contribution in [-0.4, -0.2) is 43.4 Å². The lowest BCUT2D eigenvalue weighted by Crippen LogP contribution is -2.39. The largest absolute Gasteiger partial charge is 0.493 e. The number of rotatable bonds is 2. The smallest absolute Gasteiger partial charge is 0.294 e. The summed E-state index contributed by atoms with van der Waals surface area (Å²) in [7, 11) is 1.45. The van der Waals surface area contributed by atoms with Gasteiger partial charge in [-0.2, -0.15) is 0 Å². The number of aromatic nitrogens is 2. The van der Waals surface area contributed by atoms with Crippen LogP contribution in [0.1, 0.15) is 0 Å². The van der Waals surface area contributed by atoms with Crippen molar-refractivity contribution in [2.75, 3.05) is 38.3 Å². The van der Waals surface area contributed by atoms with Crippen molar-refractivity contribution in [3.63, 3.8) is 0 Å². The fourth-order valence-corrected chi connectivity index (χ4v) is 3.13. The topological polar surface area (TPSA) is 84.5 Å². The van der Waals surface area contributed by atoms with Gasteiger partial charge in [-0.05, 0) is 12.1 Å². The third-order valence-electron chi connectivity index (χ3n) is 4.20. The molecule has 3 heterocycles. The van der Waals surface area contributed by atoms with E-state index in [0.29, 0.717) is 53.8 Å². The second-order valence-corrected chi connectivity index (χ2v) is 5.43. The predicted octanol–water partition coefficient (Wildman–Crippen LogP) is 0.719. The highest BCUT2D eigenvalue weighted by atomic mass is 16.5. The summed E-state index contributed by atoms with van der Waals surface area (Å²) in [4.78, 5) is 34.1. The van der Waals surface area contributed by atoms with Gasteiger partial charge < -0.3 is 19.4 Å². The molecule has 1 aliphatic rings. The highest BCUT2D eigenvalue weighted by Gasteiger charge is 2.22. The third-order valence-corrected chi connectivity index (χ3v) is 4.20. The SMILES string of the molecule is COc1cc2c(N3CCOCC3)c(=O)nc3cc[nH]c(c1=O)c32. The maximum Gasteiger partial charge on any atom is 0.294 e. The first-order chi connectivity index (χ1) is 11.2. The summed E-state index contributed by atoms with van der Waals surface area (Å²) < 4.78 is 10.6. The van der Waals surface area contributed by atoms with E-state index in [0.717, 1.165) is 0 Å². The Bertz CT molecular complexity index is 992. The number of hydrogen-bond acceptors (Lipinski definition) is 6. The van der Waals surface area contributed by atoms with Crippen molar-refractivity contribution in [2.45, 2.75) is 0 Å². The minimum absolute atomic E-state index is 0.210. The van der Waals surface area contributed by atoms with Crippen LogP contribution in [0.2, 0.25) is 0 Å². The Morgan fingerprint density at radius 1 is 1.30 bits per heavy atom. The lowest BCUT2D eigenvalue weighted by molar-refractivity contribution is 0.122. The molecule has 2 aromatic heterocycles. The number of anilines is 1. The molecule has 118 valence electrons. The highest BCUT2D eigenvalue weighted by molar-refractivity contribution is 6.12. The Morgan fingerprint density at radius 2 is 2.09 bits per heavy atom. The first-order valence-corrected chi connectivity index (χ1v) is 7.39. The van der Waals surface area contributed by atoms with Crippen molar-refractivity contribution in [1.82, 2.24) is 9.97 Å². The highest BCUT2D eigenvalue weighted by Crippen LogP contribution is 2.30. The molecular formula is C16H15N3O4. The first kappa shape index (κ1) is 14.0.